The Bertz CT molecular complexity index is 774. The van der Waals surface area contributed by atoms with E-state index in [2.05, 4.69) is 15.6 Å². The van der Waals surface area contributed by atoms with Crippen molar-refractivity contribution in [3.05, 3.63) is 71.0 Å². The minimum Gasteiger partial charge on any atom is -0.357 e. The lowest BCUT2D eigenvalue weighted by Gasteiger charge is -2.22. The first kappa shape index (κ1) is 20.4. The van der Waals surface area contributed by atoms with Crippen molar-refractivity contribution in [1.29, 1.82) is 0 Å². The molecule has 144 valence electrons. The third-order valence-corrected chi connectivity index (χ3v) is 4.11. The second-order valence-corrected chi connectivity index (χ2v) is 6.25. The molecule has 6 heteroatoms. The molecule has 2 rings (SSSR count). The molecule has 2 aromatic carbocycles. The van der Waals surface area contributed by atoms with E-state index in [1.54, 1.807) is 25.2 Å². The molecule has 0 heterocycles. The maximum absolute atomic E-state index is 13.1. The van der Waals surface area contributed by atoms with Gasteiger partial charge in [-0.3, -0.25) is 9.79 Å². The molecule has 2 N–H and O–H groups in total. The molecular weight excluding hydrogens is 343 g/mol. The van der Waals surface area contributed by atoms with Crippen LogP contribution in [0.2, 0.25) is 0 Å². The van der Waals surface area contributed by atoms with Gasteiger partial charge in [-0.2, -0.15) is 0 Å². The molecule has 5 nitrogen and oxygen atoms in total. The van der Waals surface area contributed by atoms with Gasteiger partial charge in [0.15, 0.2) is 5.96 Å². The summed E-state index contributed by atoms with van der Waals surface area (Å²) in [6.07, 6.45) is 0.740. The van der Waals surface area contributed by atoms with E-state index in [1.165, 1.54) is 12.1 Å². The van der Waals surface area contributed by atoms with Crippen molar-refractivity contribution in [2.24, 2.45) is 4.99 Å². The monoisotopic (exact) mass is 370 g/mol. The van der Waals surface area contributed by atoms with E-state index in [-0.39, 0.29) is 11.7 Å². The second kappa shape index (κ2) is 10.3. The van der Waals surface area contributed by atoms with Crippen LogP contribution in [0.1, 0.15) is 28.4 Å². The highest BCUT2D eigenvalue weighted by atomic mass is 19.1. The first-order chi connectivity index (χ1) is 13.0. The number of nitrogens with one attached hydrogen (secondary N) is 2. The first-order valence-electron chi connectivity index (χ1n) is 9.08. The van der Waals surface area contributed by atoms with Crippen LogP contribution in [-0.2, 0) is 13.0 Å². The third-order valence-electron chi connectivity index (χ3n) is 4.11. The topological polar surface area (TPSA) is 56.7 Å². The van der Waals surface area contributed by atoms with Crippen molar-refractivity contribution in [3.8, 4) is 0 Å². The minimum absolute atomic E-state index is 0.0901. The van der Waals surface area contributed by atoms with Crippen LogP contribution in [0, 0.1) is 5.82 Å². The molecule has 0 saturated carbocycles. The fraction of sp³-hybridized carbons (Fsp3) is 0.333. The number of amides is 1. The zero-order valence-corrected chi connectivity index (χ0v) is 16.1. The average Bonchev–Trinajstić information content (AvgIpc) is 2.68. The molecular formula is C21H27FN4O. The van der Waals surface area contributed by atoms with Gasteiger partial charge in [0.05, 0.1) is 0 Å². The number of hydrogen-bond donors (Lipinski definition) is 2. The van der Waals surface area contributed by atoms with Crippen molar-refractivity contribution in [2.45, 2.75) is 19.9 Å². The normalized spacial score (nSPS) is 11.2. The van der Waals surface area contributed by atoms with Crippen molar-refractivity contribution in [1.82, 2.24) is 15.5 Å². The maximum atomic E-state index is 13.1. The Morgan fingerprint density at radius 3 is 2.56 bits per heavy atom. The first-order valence-corrected chi connectivity index (χ1v) is 9.08. The van der Waals surface area contributed by atoms with Crippen molar-refractivity contribution in [3.63, 3.8) is 0 Å². The van der Waals surface area contributed by atoms with Crippen LogP contribution < -0.4 is 10.6 Å². The largest absolute Gasteiger partial charge is 0.357 e. The number of carbonyl (C=O) groups excluding carboxylic acids is 1. The fourth-order valence-electron chi connectivity index (χ4n) is 2.71. The number of benzene rings is 2. The lowest BCUT2D eigenvalue weighted by Crippen LogP contribution is -2.38. The summed E-state index contributed by atoms with van der Waals surface area (Å²) in [6, 6.07) is 14.1. The van der Waals surface area contributed by atoms with Crippen LogP contribution in [0.15, 0.2) is 53.5 Å². The Morgan fingerprint density at radius 2 is 1.89 bits per heavy atom. The fourth-order valence-corrected chi connectivity index (χ4v) is 2.71. The van der Waals surface area contributed by atoms with Gasteiger partial charge in [-0.25, -0.2) is 4.39 Å². The van der Waals surface area contributed by atoms with Gasteiger partial charge >= 0.3 is 0 Å². The van der Waals surface area contributed by atoms with Crippen LogP contribution in [0.3, 0.4) is 0 Å². The Morgan fingerprint density at radius 1 is 1.15 bits per heavy atom. The van der Waals surface area contributed by atoms with Gasteiger partial charge in [-0.15, -0.1) is 0 Å². The minimum atomic E-state index is -0.235. The van der Waals surface area contributed by atoms with E-state index in [4.69, 9.17) is 0 Å². The highest BCUT2D eigenvalue weighted by Gasteiger charge is 2.07. The molecule has 2 aromatic rings. The summed E-state index contributed by atoms with van der Waals surface area (Å²) in [5.41, 5.74) is 2.74. The van der Waals surface area contributed by atoms with Crippen LogP contribution in [0.4, 0.5) is 4.39 Å². The number of nitrogens with zero attached hydrogens (tertiary/aromatic N) is 2. The zero-order valence-electron chi connectivity index (χ0n) is 16.1. The van der Waals surface area contributed by atoms with E-state index in [9.17, 15) is 9.18 Å². The summed E-state index contributed by atoms with van der Waals surface area (Å²) in [4.78, 5) is 18.4. The van der Waals surface area contributed by atoms with Crippen LogP contribution in [0.25, 0.3) is 0 Å². The Labute approximate surface area is 160 Å². The van der Waals surface area contributed by atoms with E-state index in [0.717, 1.165) is 30.1 Å². The van der Waals surface area contributed by atoms with Gasteiger partial charge in [-0.1, -0.05) is 24.3 Å². The molecule has 0 spiro atoms. The standard InChI is InChI=1S/C21H27FN4O/c1-4-24-21(26(3)15-17-8-10-19(22)11-9-17)25-13-12-16-6-5-7-18(14-16)20(27)23-2/h5-11,14H,4,12-13,15H2,1-3H3,(H,23,27)(H,24,25). The summed E-state index contributed by atoms with van der Waals surface area (Å²) in [5, 5.41) is 5.91. The van der Waals surface area contributed by atoms with Crippen LogP contribution in [-0.4, -0.2) is 44.0 Å². The van der Waals surface area contributed by atoms with Gasteiger partial charge in [-0.05, 0) is 48.7 Å². The van der Waals surface area contributed by atoms with Gasteiger partial charge in [0.1, 0.15) is 5.82 Å². The molecule has 0 aromatic heterocycles. The molecule has 0 saturated heterocycles. The summed E-state index contributed by atoms with van der Waals surface area (Å²) in [7, 11) is 3.58. The van der Waals surface area contributed by atoms with Crippen LogP contribution >= 0.6 is 0 Å². The molecule has 0 aliphatic carbocycles. The van der Waals surface area contributed by atoms with Crippen LogP contribution in [0.5, 0.6) is 0 Å². The molecule has 0 bridgehead atoms. The highest BCUT2D eigenvalue weighted by molar-refractivity contribution is 5.94. The van der Waals surface area contributed by atoms with E-state index >= 15 is 0 Å². The van der Waals surface area contributed by atoms with Crippen molar-refractivity contribution >= 4 is 11.9 Å². The molecule has 0 fully saturated rings. The van der Waals surface area contributed by atoms with E-state index in [1.807, 2.05) is 37.1 Å². The van der Waals surface area contributed by atoms with Gasteiger partial charge in [0.2, 0.25) is 0 Å². The third kappa shape index (κ3) is 6.40. The summed E-state index contributed by atoms with van der Waals surface area (Å²) in [6.45, 7) is 4.03. The maximum Gasteiger partial charge on any atom is 0.251 e. The average molecular weight is 370 g/mol. The summed E-state index contributed by atoms with van der Waals surface area (Å²) in [5.74, 6) is 0.470. The number of rotatable bonds is 7. The number of hydrogen-bond acceptors (Lipinski definition) is 2. The smallest absolute Gasteiger partial charge is 0.251 e. The molecule has 0 unspecified atom stereocenters. The Hall–Kier alpha value is -2.89. The van der Waals surface area contributed by atoms with E-state index < -0.39 is 0 Å². The van der Waals surface area contributed by atoms with E-state index in [0.29, 0.717) is 18.7 Å². The number of carbonyl (C=O) groups is 1. The zero-order chi connectivity index (χ0) is 19.6. The summed E-state index contributed by atoms with van der Waals surface area (Å²) < 4.78 is 13.1. The van der Waals surface area contributed by atoms with Crippen molar-refractivity contribution in [2.75, 3.05) is 27.2 Å². The molecule has 0 atom stereocenters. The highest BCUT2D eigenvalue weighted by Crippen LogP contribution is 2.08. The number of aliphatic imine (C=N–C) groups is 1. The molecule has 0 radical (unpaired) electrons. The molecule has 0 aliphatic rings. The number of guanidine groups is 1. The molecule has 27 heavy (non-hydrogen) atoms. The predicted molar refractivity (Wildman–Crippen MR) is 107 cm³/mol. The van der Waals surface area contributed by atoms with Gasteiger partial charge < -0.3 is 15.5 Å². The predicted octanol–water partition coefficient (Wildman–Crippen LogP) is 2.83. The quantitative estimate of drug-likeness (QED) is 0.582. The lowest BCUT2D eigenvalue weighted by atomic mass is 10.1. The molecule has 0 aliphatic heterocycles. The summed E-state index contributed by atoms with van der Waals surface area (Å²) >= 11 is 0. The number of halogens is 1. The van der Waals surface area contributed by atoms with Gasteiger partial charge in [0, 0.05) is 39.3 Å². The van der Waals surface area contributed by atoms with Crippen molar-refractivity contribution < 1.29 is 9.18 Å². The molecule has 1 amide bonds. The van der Waals surface area contributed by atoms with Gasteiger partial charge in [0.25, 0.3) is 5.91 Å². The Balaban J connectivity index is 2.00. The Kier molecular flexibility index (Phi) is 7.79. The lowest BCUT2D eigenvalue weighted by molar-refractivity contribution is 0.0963. The SMILES string of the molecule is CCNC(=NCCc1cccc(C(=O)NC)c1)N(C)Cc1ccc(F)cc1. The second-order valence-electron chi connectivity index (χ2n) is 6.25.